The first-order valence-electron chi connectivity index (χ1n) is 9.06. The number of nitro groups is 1. The number of amides is 1. The standard InChI is InChI=1S/C21H19N3O5S/c1-2-28-19-12-16(13-22-23-21(25)20-4-3-11-30-20)7-10-18(19)29-14-15-5-8-17(9-6-15)24(26)27/h3-13H,2,14H2,1H3,(H,23,25)/b22-13-. The van der Waals surface area contributed by atoms with E-state index >= 15 is 0 Å². The second kappa shape index (κ2) is 10.2. The fourth-order valence-electron chi connectivity index (χ4n) is 2.50. The van der Waals surface area contributed by atoms with Crippen molar-refractivity contribution in [3.8, 4) is 11.5 Å². The monoisotopic (exact) mass is 425 g/mol. The van der Waals surface area contributed by atoms with Crippen LogP contribution in [0.15, 0.2) is 65.1 Å². The highest BCUT2D eigenvalue weighted by atomic mass is 32.1. The van der Waals surface area contributed by atoms with E-state index in [9.17, 15) is 14.9 Å². The van der Waals surface area contributed by atoms with Crippen LogP contribution < -0.4 is 14.9 Å². The number of hydrogen-bond acceptors (Lipinski definition) is 7. The van der Waals surface area contributed by atoms with E-state index in [1.807, 2.05) is 12.3 Å². The molecule has 0 radical (unpaired) electrons. The summed E-state index contributed by atoms with van der Waals surface area (Å²) in [5.41, 5.74) is 4.04. The zero-order chi connectivity index (χ0) is 21.3. The van der Waals surface area contributed by atoms with Crippen LogP contribution in [0.25, 0.3) is 0 Å². The summed E-state index contributed by atoms with van der Waals surface area (Å²) in [6.07, 6.45) is 1.52. The molecule has 0 atom stereocenters. The largest absolute Gasteiger partial charge is 0.490 e. The average molecular weight is 425 g/mol. The van der Waals surface area contributed by atoms with Gasteiger partial charge in [-0.2, -0.15) is 5.10 Å². The molecule has 0 aliphatic carbocycles. The molecule has 0 unspecified atom stereocenters. The number of carbonyl (C=O) groups is 1. The first kappa shape index (κ1) is 21.0. The van der Waals surface area contributed by atoms with E-state index in [0.29, 0.717) is 23.0 Å². The van der Waals surface area contributed by atoms with Gasteiger partial charge >= 0.3 is 0 Å². The number of thiophene rings is 1. The number of carbonyl (C=O) groups excluding carboxylic acids is 1. The number of nitro benzene ring substituents is 1. The molecule has 0 fully saturated rings. The lowest BCUT2D eigenvalue weighted by molar-refractivity contribution is -0.384. The predicted octanol–water partition coefficient (Wildman–Crippen LogP) is 4.40. The predicted molar refractivity (Wildman–Crippen MR) is 114 cm³/mol. The van der Waals surface area contributed by atoms with Crippen LogP contribution in [0.2, 0.25) is 0 Å². The van der Waals surface area contributed by atoms with Crippen molar-refractivity contribution in [1.82, 2.24) is 5.43 Å². The Morgan fingerprint density at radius 2 is 1.97 bits per heavy atom. The molecule has 9 heteroatoms. The molecule has 30 heavy (non-hydrogen) atoms. The van der Waals surface area contributed by atoms with Crippen LogP contribution in [0.3, 0.4) is 0 Å². The summed E-state index contributed by atoms with van der Waals surface area (Å²) in [7, 11) is 0. The summed E-state index contributed by atoms with van der Waals surface area (Å²) in [5.74, 6) is 0.803. The van der Waals surface area contributed by atoms with Gasteiger partial charge in [-0.15, -0.1) is 11.3 Å². The van der Waals surface area contributed by atoms with Gasteiger partial charge in [0, 0.05) is 12.1 Å². The smallest absolute Gasteiger partial charge is 0.281 e. The molecule has 1 N–H and O–H groups in total. The molecule has 0 aliphatic rings. The molecule has 0 spiro atoms. The molecule has 1 amide bonds. The van der Waals surface area contributed by atoms with Gasteiger partial charge in [0.2, 0.25) is 0 Å². The van der Waals surface area contributed by atoms with Crippen molar-refractivity contribution in [1.29, 1.82) is 0 Å². The summed E-state index contributed by atoms with van der Waals surface area (Å²) in [5, 5.41) is 16.5. The Hall–Kier alpha value is -3.72. The summed E-state index contributed by atoms with van der Waals surface area (Å²) in [4.78, 5) is 22.8. The first-order valence-corrected chi connectivity index (χ1v) is 9.94. The third-order valence-corrected chi connectivity index (χ3v) is 4.80. The van der Waals surface area contributed by atoms with E-state index in [1.54, 1.807) is 42.5 Å². The Morgan fingerprint density at radius 1 is 1.17 bits per heavy atom. The molecule has 3 aromatic rings. The number of non-ortho nitro benzene ring substituents is 1. The van der Waals surface area contributed by atoms with E-state index < -0.39 is 4.92 Å². The number of hydrogen-bond donors (Lipinski definition) is 1. The maximum Gasteiger partial charge on any atom is 0.281 e. The summed E-state index contributed by atoms with van der Waals surface area (Å²) < 4.78 is 11.5. The minimum atomic E-state index is -0.443. The second-order valence-corrected chi connectivity index (χ2v) is 6.98. The highest BCUT2D eigenvalue weighted by molar-refractivity contribution is 7.12. The summed E-state index contributed by atoms with van der Waals surface area (Å²) in [6, 6.07) is 15.0. The molecule has 0 saturated heterocycles. The normalized spacial score (nSPS) is 10.7. The molecule has 0 aliphatic heterocycles. The Labute approximate surface area is 176 Å². The average Bonchev–Trinajstić information content (AvgIpc) is 3.29. The number of hydrazone groups is 1. The van der Waals surface area contributed by atoms with Crippen molar-refractivity contribution < 1.29 is 19.2 Å². The van der Waals surface area contributed by atoms with Crippen molar-refractivity contribution >= 4 is 29.1 Å². The third-order valence-electron chi connectivity index (χ3n) is 3.93. The molecule has 2 aromatic carbocycles. The zero-order valence-corrected chi connectivity index (χ0v) is 16.9. The van der Waals surface area contributed by atoms with Crippen LogP contribution in [0.5, 0.6) is 11.5 Å². The van der Waals surface area contributed by atoms with Crippen molar-refractivity contribution in [2.24, 2.45) is 5.10 Å². The van der Waals surface area contributed by atoms with Crippen LogP contribution in [0, 0.1) is 10.1 Å². The maximum absolute atomic E-state index is 11.9. The number of nitrogens with one attached hydrogen (secondary N) is 1. The Bertz CT molecular complexity index is 1030. The third kappa shape index (κ3) is 5.65. The van der Waals surface area contributed by atoms with E-state index in [4.69, 9.17) is 9.47 Å². The van der Waals surface area contributed by atoms with Crippen molar-refractivity contribution in [2.45, 2.75) is 13.5 Å². The van der Waals surface area contributed by atoms with Gasteiger partial charge in [0.15, 0.2) is 11.5 Å². The highest BCUT2D eigenvalue weighted by Crippen LogP contribution is 2.29. The van der Waals surface area contributed by atoms with Crippen molar-refractivity contribution in [2.75, 3.05) is 6.61 Å². The second-order valence-electron chi connectivity index (χ2n) is 6.03. The van der Waals surface area contributed by atoms with Gasteiger partial charge in [-0.1, -0.05) is 6.07 Å². The lowest BCUT2D eigenvalue weighted by atomic mass is 10.2. The molecule has 0 bridgehead atoms. The summed E-state index contributed by atoms with van der Waals surface area (Å²) in [6.45, 7) is 2.55. The molecular formula is C21H19N3O5S. The summed E-state index contributed by atoms with van der Waals surface area (Å²) >= 11 is 1.34. The van der Waals surface area contributed by atoms with E-state index in [1.165, 1.54) is 29.7 Å². The van der Waals surface area contributed by atoms with Gasteiger partial charge in [0.1, 0.15) is 6.61 Å². The SMILES string of the molecule is CCOc1cc(/C=N\NC(=O)c2cccs2)ccc1OCc1ccc([N+](=O)[O-])cc1. The van der Waals surface area contributed by atoms with E-state index in [0.717, 1.165) is 11.1 Å². The minimum absolute atomic E-state index is 0.0311. The minimum Gasteiger partial charge on any atom is -0.490 e. The highest BCUT2D eigenvalue weighted by Gasteiger charge is 2.09. The number of ether oxygens (including phenoxy) is 2. The fraction of sp³-hybridized carbons (Fsp3) is 0.143. The Balaban J connectivity index is 1.64. The molecule has 0 saturated carbocycles. The van der Waals surface area contributed by atoms with Crippen LogP contribution >= 0.6 is 11.3 Å². The van der Waals surface area contributed by atoms with Crippen molar-refractivity contribution in [3.63, 3.8) is 0 Å². The Morgan fingerprint density at radius 3 is 2.63 bits per heavy atom. The van der Waals surface area contributed by atoms with Crippen LogP contribution in [-0.2, 0) is 6.61 Å². The molecule has 1 heterocycles. The molecular weight excluding hydrogens is 406 g/mol. The number of nitrogens with zero attached hydrogens (tertiary/aromatic N) is 2. The van der Waals surface area contributed by atoms with Gasteiger partial charge in [-0.3, -0.25) is 14.9 Å². The molecule has 1 aromatic heterocycles. The van der Waals surface area contributed by atoms with Crippen molar-refractivity contribution in [3.05, 3.63) is 86.1 Å². The lowest BCUT2D eigenvalue weighted by Crippen LogP contribution is -2.16. The quantitative estimate of drug-likeness (QED) is 0.311. The number of rotatable bonds is 9. The lowest BCUT2D eigenvalue weighted by Gasteiger charge is -2.12. The molecule has 154 valence electrons. The van der Waals surface area contributed by atoms with Crippen LogP contribution in [0.4, 0.5) is 5.69 Å². The zero-order valence-electron chi connectivity index (χ0n) is 16.1. The topological polar surface area (TPSA) is 103 Å². The Kier molecular flexibility index (Phi) is 7.12. The van der Waals surface area contributed by atoms with E-state index in [-0.39, 0.29) is 18.2 Å². The van der Waals surface area contributed by atoms with Gasteiger partial charge in [-0.05, 0) is 59.8 Å². The first-order chi connectivity index (χ1) is 14.6. The number of benzene rings is 2. The fourth-order valence-corrected chi connectivity index (χ4v) is 3.11. The van der Waals surface area contributed by atoms with Crippen LogP contribution in [-0.4, -0.2) is 23.7 Å². The molecule has 3 rings (SSSR count). The van der Waals surface area contributed by atoms with Gasteiger partial charge in [0.25, 0.3) is 11.6 Å². The maximum atomic E-state index is 11.9. The van der Waals surface area contributed by atoms with Crippen LogP contribution in [0.1, 0.15) is 27.7 Å². The van der Waals surface area contributed by atoms with Gasteiger partial charge < -0.3 is 9.47 Å². The van der Waals surface area contributed by atoms with E-state index in [2.05, 4.69) is 10.5 Å². The van der Waals surface area contributed by atoms with Gasteiger partial charge in [-0.25, -0.2) is 5.43 Å². The molecule has 8 nitrogen and oxygen atoms in total. The van der Waals surface area contributed by atoms with Gasteiger partial charge in [0.05, 0.1) is 22.6 Å².